The molecule has 0 aromatic carbocycles. The summed E-state index contributed by atoms with van der Waals surface area (Å²) in [5.41, 5.74) is 5.36. The summed E-state index contributed by atoms with van der Waals surface area (Å²) in [4.78, 5) is 0. The van der Waals surface area contributed by atoms with E-state index in [9.17, 15) is 8.42 Å². The molecule has 1 heterocycles. The highest BCUT2D eigenvalue weighted by Crippen LogP contribution is 2.17. The van der Waals surface area contributed by atoms with E-state index in [-0.39, 0.29) is 17.1 Å². The van der Waals surface area contributed by atoms with E-state index in [0.717, 1.165) is 19.3 Å². The maximum atomic E-state index is 11.9. The normalized spacial score (nSPS) is 25.1. The van der Waals surface area contributed by atoms with Crippen LogP contribution in [0.25, 0.3) is 0 Å². The Hall–Kier alpha value is -0.130. The van der Waals surface area contributed by atoms with Gasteiger partial charge >= 0.3 is 0 Å². The molecule has 1 fully saturated rings. The van der Waals surface area contributed by atoms with Gasteiger partial charge in [0.15, 0.2) is 9.84 Å². The molecular formula is C10H21NO3S. The van der Waals surface area contributed by atoms with Crippen molar-refractivity contribution >= 4 is 9.84 Å². The zero-order valence-corrected chi connectivity index (χ0v) is 10.1. The summed E-state index contributed by atoms with van der Waals surface area (Å²) >= 11 is 0. The predicted octanol–water partition coefficient (Wildman–Crippen LogP) is 0.708. The van der Waals surface area contributed by atoms with Crippen molar-refractivity contribution in [2.75, 3.05) is 18.9 Å². The van der Waals surface area contributed by atoms with Crippen LogP contribution in [0.4, 0.5) is 0 Å². The zero-order valence-electron chi connectivity index (χ0n) is 9.31. The number of hydrogen-bond acceptors (Lipinski definition) is 4. The summed E-state index contributed by atoms with van der Waals surface area (Å²) in [5, 5.41) is -0.340. The predicted molar refractivity (Wildman–Crippen MR) is 60.5 cm³/mol. The van der Waals surface area contributed by atoms with Gasteiger partial charge in [-0.2, -0.15) is 0 Å². The lowest BCUT2D eigenvalue weighted by Crippen LogP contribution is -2.33. The van der Waals surface area contributed by atoms with Gasteiger partial charge in [0.2, 0.25) is 0 Å². The van der Waals surface area contributed by atoms with Crippen LogP contribution in [0.3, 0.4) is 0 Å². The lowest BCUT2D eigenvalue weighted by atomic mass is 10.1. The molecule has 1 aliphatic rings. The summed E-state index contributed by atoms with van der Waals surface area (Å²) in [6.45, 7) is 2.85. The summed E-state index contributed by atoms with van der Waals surface area (Å²) in [7, 11) is -3.03. The highest BCUT2D eigenvalue weighted by Gasteiger charge is 2.26. The Morgan fingerprint density at radius 2 is 2.20 bits per heavy atom. The molecule has 1 aliphatic heterocycles. The molecule has 1 saturated heterocycles. The summed E-state index contributed by atoms with van der Waals surface area (Å²) in [6, 6.07) is 0. The lowest BCUT2D eigenvalue weighted by molar-refractivity contribution is 0.0304. The fraction of sp³-hybridized carbons (Fsp3) is 1.00. The third-order valence-electron chi connectivity index (χ3n) is 2.88. The Balaban J connectivity index is 2.47. The number of sulfone groups is 1. The second-order valence-electron chi connectivity index (χ2n) is 4.21. The van der Waals surface area contributed by atoms with Gasteiger partial charge in [-0.1, -0.05) is 0 Å². The van der Waals surface area contributed by atoms with Crippen LogP contribution < -0.4 is 5.73 Å². The van der Waals surface area contributed by atoms with Gasteiger partial charge in [0.05, 0.1) is 17.1 Å². The fourth-order valence-corrected chi connectivity index (χ4v) is 3.38. The fourth-order valence-electron chi connectivity index (χ4n) is 1.78. The summed E-state index contributed by atoms with van der Waals surface area (Å²) < 4.78 is 29.1. The Kier molecular flexibility index (Phi) is 5.02. The largest absolute Gasteiger partial charge is 0.377 e. The van der Waals surface area contributed by atoms with Crippen LogP contribution in [-0.2, 0) is 14.6 Å². The van der Waals surface area contributed by atoms with Crippen LogP contribution in [0.15, 0.2) is 0 Å². The first-order valence-corrected chi connectivity index (χ1v) is 7.31. The molecule has 1 rings (SSSR count). The first-order chi connectivity index (χ1) is 7.06. The molecule has 0 saturated carbocycles. The van der Waals surface area contributed by atoms with E-state index < -0.39 is 9.84 Å². The Bertz CT molecular complexity index is 270. The van der Waals surface area contributed by atoms with E-state index in [1.54, 1.807) is 6.92 Å². The van der Waals surface area contributed by atoms with Crippen molar-refractivity contribution in [1.29, 1.82) is 0 Å². The molecule has 5 heteroatoms. The summed E-state index contributed by atoms with van der Waals surface area (Å²) in [6.07, 6.45) is 3.44. The average Bonchev–Trinajstić information content (AvgIpc) is 2.19. The minimum absolute atomic E-state index is 0.0935. The van der Waals surface area contributed by atoms with E-state index in [1.165, 1.54) is 0 Å². The first kappa shape index (κ1) is 12.9. The van der Waals surface area contributed by atoms with Crippen LogP contribution in [0, 0.1) is 0 Å². The van der Waals surface area contributed by atoms with Gasteiger partial charge in [-0.15, -0.1) is 0 Å². The quantitative estimate of drug-likeness (QED) is 0.762. The Labute approximate surface area is 92.1 Å². The molecule has 0 aromatic rings. The average molecular weight is 235 g/mol. The van der Waals surface area contributed by atoms with Crippen molar-refractivity contribution in [3.05, 3.63) is 0 Å². The molecule has 2 atom stereocenters. The van der Waals surface area contributed by atoms with E-state index in [1.807, 2.05) is 0 Å². The maximum Gasteiger partial charge on any atom is 0.155 e. The highest BCUT2D eigenvalue weighted by molar-refractivity contribution is 7.92. The van der Waals surface area contributed by atoms with Crippen LogP contribution in [-0.4, -0.2) is 38.7 Å². The second-order valence-corrected chi connectivity index (χ2v) is 6.67. The molecule has 0 radical (unpaired) electrons. The second kappa shape index (κ2) is 5.82. The molecule has 15 heavy (non-hydrogen) atoms. The van der Waals surface area contributed by atoms with Gasteiger partial charge in [-0.25, -0.2) is 8.42 Å². The van der Waals surface area contributed by atoms with Crippen LogP contribution in [0.5, 0.6) is 0 Å². The molecule has 0 aromatic heterocycles. The minimum Gasteiger partial charge on any atom is -0.377 e. The smallest absolute Gasteiger partial charge is 0.155 e. The van der Waals surface area contributed by atoms with E-state index in [4.69, 9.17) is 10.5 Å². The minimum atomic E-state index is -3.03. The van der Waals surface area contributed by atoms with Crippen molar-refractivity contribution < 1.29 is 13.2 Å². The molecule has 90 valence electrons. The number of nitrogens with two attached hydrogens (primary N) is 1. The Morgan fingerprint density at radius 1 is 1.47 bits per heavy atom. The monoisotopic (exact) mass is 235 g/mol. The Morgan fingerprint density at radius 3 is 2.73 bits per heavy atom. The molecule has 0 spiro atoms. The molecule has 0 amide bonds. The lowest BCUT2D eigenvalue weighted by Gasteiger charge is -2.23. The SMILES string of the molecule is CC(CCN)S(=O)(=O)CC1CCCCO1. The zero-order chi connectivity index (χ0) is 11.3. The third kappa shape index (κ3) is 4.09. The van der Waals surface area contributed by atoms with Gasteiger partial charge in [0.25, 0.3) is 0 Å². The van der Waals surface area contributed by atoms with Crippen molar-refractivity contribution in [2.24, 2.45) is 5.73 Å². The van der Waals surface area contributed by atoms with E-state index in [2.05, 4.69) is 0 Å². The third-order valence-corrected chi connectivity index (χ3v) is 5.18. The van der Waals surface area contributed by atoms with Gasteiger partial charge in [0, 0.05) is 6.61 Å². The van der Waals surface area contributed by atoms with E-state index in [0.29, 0.717) is 19.6 Å². The summed E-state index contributed by atoms with van der Waals surface area (Å²) in [5.74, 6) is 0.161. The van der Waals surface area contributed by atoms with Crippen molar-refractivity contribution in [1.82, 2.24) is 0 Å². The highest BCUT2D eigenvalue weighted by atomic mass is 32.2. The topological polar surface area (TPSA) is 69.4 Å². The van der Waals surface area contributed by atoms with Crippen LogP contribution in [0.2, 0.25) is 0 Å². The maximum absolute atomic E-state index is 11.9. The van der Waals surface area contributed by atoms with Gasteiger partial charge in [-0.05, 0) is 39.2 Å². The standard InChI is InChI=1S/C10H21NO3S/c1-9(5-6-11)15(12,13)8-10-4-2-3-7-14-10/h9-10H,2-8,11H2,1H3. The van der Waals surface area contributed by atoms with Gasteiger partial charge < -0.3 is 10.5 Å². The van der Waals surface area contributed by atoms with Crippen molar-refractivity contribution in [2.45, 2.75) is 44.0 Å². The van der Waals surface area contributed by atoms with Crippen LogP contribution >= 0.6 is 0 Å². The van der Waals surface area contributed by atoms with Crippen LogP contribution in [0.1, 0.15) is 32.6 Å². The number of rotatable bonds is 5. The molecule has 0 aliphatic carbocycles. The first-order valence-electron chi connectivity index (χ1n) is 5.59. The number of ether oxygens (including phenoxy) is 1. The molecule has 2 N–H and O–H groups in total. The molecular weight excluding hydrogens is 214 g/mol. The van der Waals surface area contributed by atoms with Crippen molar-refractivity contribution in [3.8, 4) is 0 Å². The number of hydrogen-bond donors (Lipinski definition) is 1. The molecule has 4 nitrogen and oxygen atoms in total. The molecule has 0 bridgehead atoms. The molecule has 2 unspecified atom stereocenters. The van der Waals surface area contributed by atoms with E-state index >= 15 is 0 Å². The van der Waals surface area contributed by atoms with Crippen molar-refractivity contribution in [3.63, 3.8) is 0 Å². The van der Waals surface area contributed by atoms with Gasteiger partial charge in [-0.3, -0.25) is 0 Å². The van der Waals surface area contributed by atoms with Gasteiger partial charge in [0.1, 0.15) is 0 Å².